The quantitative estimate of drug-likeness (QED) is 0.729. The number of anilines is 1. The van der Waals surface area contributed by atoms with E-state index in [1.165, 1.54) is 5.69 Å². The number of benzene rings is 1. The molecule has 2 aliphatic heterocycles. The molecule has 0 N–H and O–H groups in total. The lowest BCUT2D eigenvalue weighted by molar-refractivity contribution is 0.171. The van der Waals surface area contributed by atoms with Gasteiger partial charge in [-0.3, -0.25) is 0 Å². The van der Waals surface area contributed by atoms with Crippen LogP contribution in [-0.2, 0) is 0 Å². The molecule has 0 aliphatic carbocycles. The number of likely N-dealkylation sites (N-methyl/N-ethyl adjacent to an activating group) is 1. The van der Waals surface area contributed by atoms with Gasteiger partial charge in [0.2, 0.25) is 0 Å². The molecule has 1 aromatic rings. The first-order valence-corrected chi connectivity index (χ1v) is 6.17. The van der Waals surface area contributed by atoms with E-state index in [1.54, 1.807) is 0 Å². The fourth-order valence-corrected chi connectivity index (χ4v) is 2.35. The van der Waals surface area contributed by atoms with E-state index in [0.717, 1.165) is 37.7 Å². The molecule has 0 bridgehead atoms. The lowest BCUT2D eigenvalue weighted by Crippen LogP contribution is -2.44. The number of ether oxygens (including phenoxy) is 2. The summed E-state index contributed by atoms with van der Waals surface area (Å²) in [5, 5.41) is 0. The smallest absolute Gasteiger partial charge is 0.184 e. The highest BCUT2D eigenvalue weighted by Gasteiger charge is 2.22. The number of fused-ring (bicyclic) bond motifs is 1. The molecule has 4 heteroatoms. The fourth-order valence-electron chi connectivity index (χ4n) is 2.35. The van der Waals surface area contributed by atoms with Gasteiger partial charge < -0.3 is 19.3 Å². The summed E-state index contributed by atoms with van der Waals surface area (Å²) in [7, 11) is 2.16. The van der Waals surface area contributed by atoms with E-state index in [9.17, 15) is 0 Å². The zero-order valence-electron chi connectivity index (χ0n) is 10.2. The Morgan fingerprint density at radius 1 is 1.00 bits per heavy atom. The number of hydrogen-bond acceptors (Lipinski definition) is 4. The average Bonchev–Trinajstić information content (AvgIpc) is 2.39. The van der Waals surface area contributed by atoms with Gasteiger partial charge in [0.25, 0.3) is 0 Å². The Kier molecular flexibility index (Phi) is 2.81. The predicted molar refractivity (Wildman–Crippen MR) is 67.1 cm³/mol. The zero-order chi connectivity index (χ0) is 11.7. The lowest BCUT2D eigenvalue weighted by Gasteiger charge is -2.35. The molecule has 1 fully saturated rings. The van der Waals surface area contributed by atoms with Crippen molar-refractivity contribution in [3.05, 3.63) is 18.2 Å². The molecule has 1 saturated heterocycles. The fraction of sp³-hybridized carbons (Fsp3) is 0.538. The number of rotatable bonds is 1. The summed E-state index contributed by atoms with van der Waals surface area (Å²) in [4.78, 5) is 4.73. The van der Waals surface area contributed by atoms with Gasteiger partial charge >= 0.3 is 0 Å². The third kappa shape index (κ3) is 2.05. The van der Waals surface area contributed by atoms with Crippen molar-refractivity contribution in [2.75, 3.05) is 51.3 Å². The van der Waals surface area contributed by atoms with Gasteiger partial charge in [-0.25, -0.2) is 0 Å². The second-order valence-electron chi connectivity index (χ2n) is 4.59. The van der Waals surface area contributed by atoms with Crippen LogP contribution in [0.1, 0.15) is 0 Å². The molecular formula is C13H18N2O2. The average molecular weight is 234 g/mol. The Labute approximate surface area is 102 Å². The molecule has 3 rings (SSSR count). The van der Waals surface area contributed by atoms with Crippen LogP contribution in [0, 0.1) is 0 Å². The minimum atomic E-state index is 0.651. The van der Waals surface area contributed by atoms with Crippen molar-refractivity contribution in [2.24, 2.45) is 0 Å². The maximum atomic E-state index is 5.75. The normalized spacial score (nSPS) is 20.4. The minimum absolute atomic E-state index is 0.651. The molecule has 17 heavy (non-hydrogen) atoms. The van der Waals surface area contributed by atoms with Crippen molar-refractivity contribution in [2.45, 2.75) is 0 Å². The van der Waals surface area contributed by atoms with E-state index in [-0.39, 0.29) is 0 Å². The maximum absolute atomic E-state index is 5.75. The first kappa shape index (κ1) is 10.7. The maximum Gasteiger partial charge on any atom is 0.184 e. The molecule has 0 radical (unpaired) electrons. The molecular weight excluding hydrogens is 216 g/mol. The van der Waals surface area contributed by atoms with Crippen LogP contribution in [0.5, 0.6) is 11.5 Å². The van der Waals surface area contributed by atoms with E-state index < -0.39 is 0 Å². The SMILES string of the molecule is CN1CCN(c2cccc3c2OCCO3)CC1. The van der Waals surface area contributed by atoms with E-state index in [2.05, 4.69) is 22.9 Å². The van der Waals surface area contributed by atoms with Crippen LogP contribution in [-0.4, -0.2) is 51.3 Å². The standard InChI is InChI=1S/C13H18N2O2/c1-14-5-7-15(8-6-14)11-3-2-4-12-13(11)17-10-9-16-12/h2-4H,5-10H2,1H3. The van der Waals surface area contributed by atoms with Gasteiger partial charge in [0.15, 0.2) is 11.5 Å². The highest BCUT2D eigenvalue weighted by Crippen LogP contribution is 2.39. The van der Waals surface area contributed by atoms with E-state index >= 15 is 0 Å². The van der Waals surface area contributed by atoms with E-state index in [4.69, 9.17) is 9.47 Å². The van der Waals surface area contributed by atoms with Crippen LogP contribution in [0.25, 0.3) is 0 Å². The van der Waals surface area contributed by atoms with Crippen LogP contribution in [0.4, 0.5) is 5.69 Å². The zero-order valence-corrected chi connectivity index (χ0v) is 10.2. The third-order valence-corrected chi connectivity index (χ3v) is 3.39. The summed E-state index contributed by atoms with van der Waals surface area (Å²) in [6.07, 6.45) is 0. The predicted octanol–water partition coefficient (Wildman–Crippen LogP) is 1.21. The minimum Gasteiger partial charge on any atom is -0.486 e. The molecule has 0 atom stereocenters. The van der Waals surface area contributed by atoms with E-state index in [1.807, 2.05) is 12.1 Å². The summed E-state index contributed by atoms with van der Waals surface area (Å²) >= 11 is 0. The van der Waals surface area contributed by atoms with Crippen molar-refractivity contribution < 1.29 is 9.47 Å². The van der Waals surface area contributed by atoms with Crippen LogP contribution in [0.3, 0.4) is 0 Å². The lowest BCUT2D eigenvalue weighted by atomic mass is 10.2. The summed E-state index contributed by atoms with van der Waals surface area (Å²) in [6, 6.07) is 6.15. The summed E-state index contributed by atoms with van der Waals surface area (Å²) in [5.41, 5.74) is 1.18. The molecule has 0 saturated carbocycles. The van der Waals surface area contributed by atoms with Gasteiger partial charge in [0.05, 0.1) is 5.69 Å². The Balaban J connectivity index is 1.87. The van der Waals surface area contributed by atoms with Gasteiger partial charge in [0.1, 0.15) is 13.2 Å². The molecule has 92 valence electrons. The number of piperazine rings is 1. The van der Waals surface area contributed by atoms with Crippen LogP contribution < -0.4 is 14.4 Å². The van der Waals surface area contributed by atoms with Crippen molar-refractivity contribution in [3.63, 3.8) is 0 Å². The van der Waals surface area contributed by atoms with Crippen molar-refractivity contribution >= 4 is 5.69 Å². The second kappa shape index (κ2) is 4.45. The van der Waals surface area contributed by atoms with Crippen molar-refractivity contribution in [1.29, 1.82) is 0 Å². The van der Waals surface area contributed by atoms with Gasteiger partial charge in [-0.15, -0.1) is 0 Å². The van der Waals surface area contributed by atoms with Crippen LogP contribution >= 0.6 is 0 Å². The van der Waals surface area contributed by atoms with Gasteiger partial charge in [0, 0.05) is 26.2 Å². The molecule has 0 spiro atoms. The molecule has 4 nitrogen and oxygen atoms in total. The van der Waals surface area contributed by atoms with Crippen molar-refractivity contribution in [3.8, 4) is 11.5 Å². The summed E-state index contributed by atoms with van der Waals surface area (Å²) in [5.74, 6) is 1.80. The Bertz CT molecular complexity index is 400. The highest BCUT2D eigenvalue weighted by atomic mass is 16.6. The molecule has 1 aromatic carbocycles. The number of hydrogen-bond donors (Lipinski definition) is 0. The number of para-hydroxylation sites is 1. The third-order valence-electron chi connectivity index (χ3n) is 3.39. The molecule has 0 amide bonds. The Morgan fingerprint density at radius 2 is 1.76 bits per heavy atom. The van der Waals surface area contributed by atoms with Gasteiger partial charge in [-0.1, -0.05) is 6.07 Å². The second-order valence-corrected chi connectivity index (χ2v) is 4.59. The first-order valence-electron chi connectivity index (χ1n) is 6.17. The Morgan fingerprint density at radius 3 is 2.59 bits per heavy atom. The van der Waals surface area contributed by atoms with Gasteiger partial charge in [-0.2, -0.15) is 0 Å². The largest absolute Gasteiger partial charge is 0.486 e. The van der Waals surface area contributed by atoms with Gasteiger partial charge in [-0.05, 0) is 19.2 Å². The summed E-state index contributed by atoms with van der Waals surface area (Å²) < 4.78 is 11.4. The van der Waals surface area contributed by atoms with Crippen LogP contribution in [0.2, 0.25) is 0 Å². The topological polar surface area (TPSA) is 24.9 Å². The molecule has 0 aromatic heterocycles. The van der Waals surface area contributed by atoms with Crippen LogP contribution in [0.15, 0.2) is 18.2 Å². The first-order chi connectivity index (χ1) is 8.34. The monoisotopic (exact) mass is 234 g/mol. The summed E-state index contributed by atoms with van der Waals surface area (Å²) in [6.45, 7) is 5.61. The highest BCUT2D eigenvalue weighted by molar-refractivity contribution is 5.65. The molecule has 2 aliphatic rings. The molecule has 2 heterocycles. The Hall–Kier alpha value is -1.42. The molecule has 0 unspecified atom stereocenters. The van der Waals surface area contributed by atoms with E-state index in [0.29, 0.717) is 13.2 Å². The number of nitrogens with zero attached hydrogens (tertiary/aromatic N) is 2. The van der Waals surface area contributed by atoms with Crippen molar-refractivity contribution in [1.82, 2.24) is 4.90 Å².